The van der Waals surface area contributed by atoms with Crippen LogP contribution in [0, 0.1) is 0 Å². The first kappa shape index (κ1) is 9.96. The molecule has 1 aromatic rings. The molecule has 0 saturated heterocycles. The lowest BCUT2D eigenvalue weighted by Gasteiger charge is -2.20. The van der Waals surface area contributed by atoms with Crippen molar-refractivity contribution in [2.75, 3.05) is 7.11 Å². The first-order valence-electron chi connectivity index (χ1n) is 4.76. The van der Waals surface area contributed by atoms with Gasteiger partial charge in [-0.05, 0) is 31.4 Å². The second kappa shape index (κ2) is 3.53. The Labute approximate surface area is 87.5 Å². The maximum absolute atomic E-state index is 10.3. The molecule has 2 rings (SSSR count). The lowest BCUT2D eigenvalue weighted by Crippen LogP contribution is -2.24. The first-order valence-corrected chi connectivity index (χ1v) is 5.58. The third-order valence-electron chi connectivity index (χ3n) is 2.77. The van der Waals surface area contributed by atoms with Crippen molar-refractivity contribution in [2.24, 2.45) is 5.73 Å². The van der Waals surface area contributed by atoms with Crippen molar-refractivity contribution in [3.05, 3.63) is 17.0 Å². The van der Waals surface area contributed by atoms with Crippen molar-refractivity contribution in [3.8, 4) is 5.06 Å². The number of hydrogen-bond donors (Lipinski definition) is 2. The first-order chi connectivity index (χ1) is 6.64. The Bertz CT molecular complexity index is 326. The van der Waals surface area contributed by atoms with E-state index in [-0.39, 0.29) is 6.04 Å². The molecule has 0 amide bonds. The van der Waals surface area contributed by atoms with Crippen LogP contribution in [0.2, 0.25) is 0 Å². The third kappa shape index (κ3) is 1.65. The fraction of sp³-hybridized carbons (Fsp3) is 0.600. The Hall–Kier alpha value is -0.580. The maximum atomic E-state index is 10.3. The molecule has 1 aliphatic carbocycles. The number of ether oxygens (including phenoxy) is 1. The molecule has 78 valence electrons. The van der Waals surface area contributed by atoms with Gasteiger partial charge in [-0.2, -0.15) is 0 Å². The molecule has 0 spiro atoms. The van der Waals surface area contributed by atoms with E-state index in [1.54, 1.807) is 7.11 Å². The minimum Gasteiger partial charge on any atom is -0.487 e. The molecule has 1 fully saturated rings. The summed E-state index contributed by atoms with van der Waals surface area (Å²) in [7, 11) is 1.64. The molecule has 1 heterocycles. The average molecular weight is 213 g/mol. The summed E-state index contributed by atoms with van der Waals surface area (Å²) in [6.07, 6.45) is 2.32. The number of methoxy groups -OCH3 is 1. The van der Waals surface area contributed by atoms with E-state index in [4.69, 9.17) is 10.5 Å². The van der Waals surface area contributed by atoms with Crippen LogP contribution >= 0.6 is 11.3 Å². The van der Waals surface area contributed by atoms with Gasteiger partial charge in [-0.1, -0.05) is 0 Å². The van der Waals surface area contributed by atoms with Crippen molar-refractivity contribution in [3.63, 3.8) is 0 Å². The zero-order valence-corrected chi connectivity index (χ0v) is 9.01. The lowest BCUT2D eigenvalue weighted by atomic mass is 10.0. The van der Waals surface area contributed by atoms with E-state index < -0.39 is 5.60 Å². The monoisotopic (exact) mass is 213 g/mol. The quantitative estimate of drug-likeness (QED) is 0.782. The topological polar surface area (TPSA) is 55.5 Å². The largest absolute Gasteiger partial charge is 0.487 e. The molecule has 3 nitrogen and oxygen atoms in total. The van der Waals surface area contributed by atoms with Crippen LogP contribution in [0.15, 0.2) is 12.1 Å². The third-order valence-corrected chi connectivity index (χ3v) is 4.01. The van der Waals surface area contributed by atoms with Gasteiger partial charge in [-0.15, -0.1) is 11.3 Å². The molecular formula is C10H15NO2S. The molecule has 2 unspecified atom stereocenters. The van der Waals surface area contributed by atoms with E-state index in [9.17, 15) is 5.11 Å². The lowest BCUT2D eigenvalue weighted by molar-refractivity contribution is 0.0469. The van der Waals surface area contributed by atoms with Crippen LogP contribution in [0.3, 0.4) is 0 Å². The van der Waals surface area contributed by atoms with Crippen LogP contribution in [0.25, 0.3) is 0 Å². The highest BCUT2D eigenvalue weighted by atomic mass is 32.1. The smallest absolute Gasteiger partial charge is 0.173 e. The molecule has 1 saturated carbocycles. The van der Waals surface area contributed by atoms with E-state index in [1.807, 2.05) is 12.1 Å². The molecule has 0 aromatic carbocycles. The van der Waals surface area contributed by atoms with Crippen molar-refractivity contribution in [1.29, 1.82) is 0 Å². The second-order valence-electron chi connectivity index (χ2n) is 3.86. The van der Waals surface area contributed by atoms with Crippen LogP contribution in [-0.2, 0) is 5.60 Å². The van der Waals surface area contributed by atoms with Gasteiger partial charge in [0.2, 0.25) is 0 Å². The zero-order chi connectivity index (χ0) is 10.2. The Morgan fingerprint density at radius 3 is 2.93 bits per heavy atom. The Morgan fingerprint density at radius 2 is 2.43 bits per heavy atom. The Balaban J connectivity index is 2.21. The number of rotatable bonds is 2. The van der Waals surface area contributed by atoms with E-state index >= 15 is 0 Å². The van der Waals surface area contributed by atoms with Crippen LogP contribution in [0.1, 0.15) is 24.1 Å². The Kier molecular flexibility index (Phi) is 2.51. The van der Waals surface area contributed by atoms with E-state index in [0.717, 1.165) is 22.8 Å². The number of nitrogens with two attached hydrogens (primary N) is 1. The molecule has 1 aliphatic rings. The van der Waals surface area contributed by atoms with Crippen molar-refractivity contribution in [1.82, 2.24) is 0 Å². The number of hydrogen-bond acceptors (Lipinski definition) is 4. The standard InChI is InChI=1S/C10H15NO2S/c1-13-9-3-2-8(14-9)10(12)5-4-7(11)6-10/h2-3,7,12H,4-6,11H2,1H3. The van der Waals surface area contributed by atoms with Crippen molar-refractivity contribution in [2.45, 2.75) is 30.9 Å². The summed E-state index contributed by atoms with van der Waals surface area (Å²) in [4.78, 5) is 0.974. The van der Waals surface area contributed by atoms with Crippen LogP contribution < -0.4 is 10.5 Å². The molecule has 4 heteroatoms. The fourth-order valence-electron chi connectivity index (χ4n) is 1.97. The second-order valence-corrected chi connectivity index (χ2v) is 4.90. The predicted molar refractivity (Wildman–Crippen MR) is 56.6 cm³/mol. The summed E-state index contributed by atoms with van der Waals surface area (Å²) in [6.45, 7) is 0. The van der Waals surface area contributed by atoms with Gasteiger partial charge < -0.3 is 15.6 Å². The maximum Gasteiger partial charge on any atom is 0.173 e. The van der Waals surface area contributed by atoms with Gasteiger partial charge in [0.25, 0.3) is 0 Å². The predicted octanol–water partition coefficient (Wildman–Crippen LogP) is 1.46. The van der Waals surface area contributed by atoms with Gasteiger partial charge in [-0.3, -0.25) is 0 Å². The molecule has 3 N–H and O–H groups in total. The van der Waals surface area contributed by atoms with Gasteiger partial charge in [0.1, 0.15) is 5.60 Å². The summed E-state index contributed by atoms with van der Waals surface area (Å²) >= 11 is 1.50. The molecule has 14 heavy (non-hydrogen) atoms. The van der Waals surface area contributed by atoms with Gasteiger partial charge in [-0.25, -0.2) is 0 Å². The van der Waals surface area contributed by atoms with Crippen molar-refractivity contribution < 1.29 is 9.84 Å². The van der Waals surface area contributed by atoms with Gasteiger partial charge in [0, 0.05) is 10.9 Å². The van der Waals surface area contributed by atoms with Crippen LogP contribution in [0.4, 0.5) is 0 Å². The Morgan fingerprint density at radius 1 is 1.64 bits per heavy atom. The molecule has 1 aromatic heterocycles. The summed E-state index contributed by atoms with van der Waals surface area (Å²) in [5, 5.41) is 11.2. The molecular weight excluding hydrogens is 198 g/mol. The summed E-state index contributed by atoms with van der Waals surface area (Å²) in [5.74, 6) is 0. The van der Waals surface area contributed by atoms with Crippen molar-refractivity contribution >= 4 is 11.3 Å². The number of thiophene rings is 1. The van der Waals surface area contributed by atoms with Gasteiger partial charge in [0.05, 0.1) is 7.11 Å². The van der Waals surface area contributed by atoms with E-state index in [0.29, 0.717) is 6.42 Å². The molecule has 0 radical (unpaired) electrons. The van der Waals surface area contributed by atoms with Gasteiger partial charge >= 0.3 is 0 Å². The number of aliphatic hydroxyl groups is 1. The minimum atomic E-state index is -0.707. The van der Waals surface area contributed by atoms with Gasteiger partial charge in [0.15, 0.2) is 5.06 Å². The molecule has 2 atom stereocenters. The van der Waals surface area contributed by atoms with E-state index in [2.05, 4.69) is 0 Å². The fourth-order valence-corrected chi connectivity index (χ4v) is 2.91. The summed E-state index contributed by atoms with van der Waals surface area (Å²) in [5.41, 5.74) is 5.09. The normalized spacial score (nSPS) is 32.1. The SMILES string of the molecule is COc1ccc(C2(O)CCC(N)C2)s1. The summed E-state index contributed by atoms with van der Waals surface area (Å²) in [6, 6.07) is 3.96. The average Bonchev–Trinajstić information content (AvgIpc) is 2.73. The zero-order valence-electron chi connectivity index (χ0n) is 8.19. The molecule has 0 aliphatic heterocycles. The minimum absolute atomic E-state index is 0.132. The van der Waals surface area contributed by atoms with Crippen LogP contribution in [0.5, 0.6) is 5.06 Å². The highest BCUT2D eigenvalue weighted by Crippen LogP contribution is 2.42. The highest BCUT2D eigenvalue weighted by molar-refractivity contribution is 7.14. The highest BCUT2D eigenvalue weighted by Gasteiger charge is 2.38. The molecule has 0 bridgehead atoms. The van der Waals surface area contributed by atoms with Crippen LogP contribution in [-0.4, -0.2) is 18.3 Å². The van der Waals surface area contributed by atoms with E-state index in [1.165, 1.54) is 11.3 Å². The summed E-state index contributed by atoms with van der Waals surface area (Å²) < 4.78 is 5.10.